The van der Waals surface area contributed by atoms with Gasteiger partial charge in [-0.2, -0.15) is 0 Å². The molecule has 8 rings (SSSR count). The maximum atomic E-state index is 5.70. The molecule has 2 heteroatoms. The number of aromatic nitrogens is 1. The SMILES string of the molecule is C#C/C=C\c1c(C)c2cc(C3=CCC(N(/C(C)=C/C=C4/C5C=CC=CC5C(C)(C)C4C)c4ccc(-c5ccccc5)cc4)CC3)ccc2n1C1=CC(C)CC=C1. The van der Waals surface area contributed by atoms with Gasteiger partial charge in [0, 0.05) is 34.4 Å². The average molecular weight is 733 g/mol. The van der Waals surface area contributed by atoms with Gasteiger partial charge in [0.05, 0.1) is 11.2 Å². The molecule has 1 fully saturated rings. The van der Waals surface area contributed by atoms with Gasteiger partial charge in [0.2, 0.25) is 0 Å². The van der Waals surface area contributed by atoms with Crippen LogP contribution in [0.15, 0.2) is 151 Å². The fourth-order valence-corrected chi connectivity index (χ4v) is 9.90. The van der Waals surface area contributed by atoms with E-state index >= 15 is 0 Å². The second-order valence-corrected chi connectivity index (χ2v) is 17.1. The molecule has 0 aliphatic heterocycles. The molecule has 282 valence electrons. The first-order chi connectivity index (χ1) is 27.2. The van der Waals surface area contributed by atoms with Crippen molar-refractivity contribution in [3.05, 3.63) is 168 Å². The minimum atomic E-state index is 0.226. The molecule has 4 aliphatic rings. The minimum Gasteiger partial charge on any atom is -0.342 e. The van der Waals surface area contributed by atoms with Gasteiger partial charge in [0.25, 0.3) is 0 Å². The summed E-state index contributed by atoms with van der Waals surface area (Å²) in [5.41, 5.74) is 14.5. The number of terminal acetylenes is 1. The van der Waals surface area contributed by atoms with Crippen LogP contribution in [0.3, 0.4) is 0 Å². The Morgan fingerprint density at radius 1 is 0.929 bits per heavy atom. The van der Waals surface area contributed by atoms with Crippen LogP contribution in [0.2, 0.25) is 0 Å². The Kier molecular flexibility index (Phi) is 10.4. The van der Waals surface area contributed by atoms with Crippen molar-refractivity contribution in [2.75, 3.05) is 4.90 Å². The molecule has 1 aromatic heterocycles. The number of fused-ring (bicyclic) bond motifs is 2. The Morgan fingerprint density at radius 3 is 2.41 bits per heavy atom. The summed E-state index contributed by atoms with van der Waals surface area (Å²) < 4.78 is 2.39. The van der Waals surface area contributed by atoms with Gasteiger partial charge in [0.15, 0.2) is 0 Å². The molecule has 0 amide bonds. The van der Waals surface area contributed by atoms with Crippen molar-refractivity contribution in [1.29, 1.82) is 0 Å². The van der Waals surface area contributed by atoms with Crippen molar-refractivity contribution in [2.24, 2.45) is 29.1 Å². The van der Waals surface area contributed by atoms with E-state index in [1.165, 1.54) is 55.8 Å². The lowest BCUT2D eigenvalue weighted by atomic mass is 9.74. The van der Waals surface area contributed by atoms with Crippen molar-refractivity contribution in [1.82, 2.24) is 4.57 Å². The molecule has 4 aliphatic carbocycles. The van der Waals surface area contributed by atoms with E-state index in [9.17, 15) is 0 Å². The maximum Gasteiger partial charge on any atom is 0.0537 e. The number of benzene rings is 3. The highest BCUT2D eigenvalue weighted by Gasteiger charge is 2.48. The minimum absolute atomic E-state index is 0.226. The smallest absolute Gasteiger partial charge is 0.0537 e. The molecule has 56 heavy (non-hydrogen) atoms. The molecule has 5 unspecified atom stereocenters. The highest BCUT2D eigenvalue weighted by Crippen LogP contribution is 2.55. The molecule has 5 atom stereocenters. The van der Waals surface area contributed by atoms with Gasteiger partial charge in [-0.25, -0.2) is 0 Å². The summed E-state index contributed by atoms with van der Waals surface area (Å²) in [6.45, 7) is 14.1. The van der Waals surface area contributed by atoms with Gasteiger partial charge >= 0.3 is 0 Å². The van der Waals surface area contributed by atoms with Crippen LogP contribution in [0, 0.1) is 48.4 Å². The molecule has 1 saturated carbocycles. The molecular weight excluding hydrogens is 677 g/mol. The average Bonchev–Trinajstić information content (AvgIpc) is 3.61. The molecule has 1 heterocycles. The molecule has 0 N–H and O–H groups in total. The van der Waals surface area contributed by atoms with E-state index in [4.69, 9.17) is 6.42 Å². The number of rotatable bonds is 8. The van der Waals surface area contributed by atoms with Gasteiger partial charge in [-0.1, -0.05) is 136 Å². The van der Waals surface area contributed by atoms with Crippen LogP contribution in [-0.2, 0) is 0 Å². The van der Waals surface area contributed by atoms with E-state index in [0.717, 1.165) is 31.4 Å². The first-order valence-electron chi connectivity index (χ1n) is 20.7. The van der Waals surface area contributed by atoms with Crippen molar-refractivity contribution in [3.8, 4) is 23.5 Å². The second-order valence-electron chi connectivity index (χ2n) is 17.1. The van der Waals surface area contributed by atoms with Crippen molar-refractivity contribution in [3.63, 3.8) is 0 Å². The summed E-state index contributed by atoms with van der Waals surface area (Å²) in [5, 5.41) is 1.29. The van der Waals surface area contributed by atoms with E-state index in [1.54, 1.807) is 5.57 Å². The van der Waals surface area contributed by atoms with E-state index in [2.05, 4.69) is 197 Å². The van der Waals surface area contributed by atoms with Crippen molar-refractivity contribution < 1.29 is 0 Å². The first kappa shape index (κ1) is 37.4. The first-order valence-corrected chi connectivity index (χ1v) is 20.7. The molecule has 0 spiro atoms. The third-order valence-electron chi connectivity index (χ3n) is 13.4. The van der Waals surface area contributed by atoms with E-state index < -0.39 is 0 Å². The molecule has 0 saturated heterocycles. The molecular formula is C54H56N2. The molecule has 0 bridgehead atoms. The van der Waals surface area contributed by atoms with Crippen LogP contribution < -0.4 is 4.90 Å². The normalized spacial score (nSPS) is 25.1. The van der Waals surface area contributed by atoms with Gasteiger partial charge in [-0.15, -0.1) is 6.42 Å². The zero-order valence-electron chi connectivity index (χ0n) is 34.0. The Morgan fingerprint density at radius 2 is 1.68 bits per heavy atom. The number of hydrogen-bond donors (Lipinski definition) is 0. The van der Waals surface area contributed by atoms with Gasteiger partial charge < -0.3 is 9.47 Å². The lowest BCUT2D eigenvalue weighted by Gasteiger charge is -2.36. The summed E-state index contributed by atoms with van der Waals surface area (Å²) in [5.74, 6) is 4.74. The zero-order chi connectivity index (χ0) is 39.0. The topological polar surface area (TPSA) is 8.17 Å². The summed E-state index contributed by atoms with van der Waals surface area (Å²) in [7, 11) is 0. The van der Waals surface area contributed by atoms with E-state index in [1.807, 2.05) is 6.08 Å². The molecule has 4 aromatic rings. The monoisotopic (exact) mass is 732 g/mol. The predicted octanol–water partition coefficient (Wildman–Crippen LogP) is 14.0. The van der Waals surface area contributed by atoms with Crippen LogP contribution in [-0.4, -0.2) is 10.6 Å². The Bertz CT molecular complexity index is 2410. The fraction of sp³-hybridized carbons (Fsp3) is 0.296. The quantitative estimate of drug-likeness (QED) is 0.164. The van der Waals surface area contributed by atoms with Crippen LogP contribution >= 0.6 is 0 Å². The Labute approximate surface area is 335 Å². The Balaban J connectivity index is 1.12. The lowest BCUT2D eigenvalue weighted by molar-refractivity contribution is 0.230. The standard InChI is InChI=1S/C54H56N2/c1-8-9-22-52-39(4)50-36-44(28-34-53(50)56(52)47-19-15-16-37(2)35-47)43-26-31-46(32-27-43)55(45-29-24-42(25-30-45)41-17-11-10-12-18-41)38(3)23-33-48-40(5)54(6,7)51-21-14-13-20-49(48)51/h1,9-15,17-26,28-30,33-37,40,46,49,51H,16,27,31-32H2,2-7H3/b22-9-,38-23+,48-33+. The molecule has 2 nitrogen and oxygen atoms in total. The maximum absolute atomic E-state index is 5.70. The van der Waals surface area contributed by atoms with Gasteiger partial charge in [0.1, 0.15) is 0 Å². The van der Waals surface area contributed by atoms with Crippen LogP contribution in [0.25, 0.3) is 39.4 Å². The number of allylic oxidation sites excluding steroid dienone is 14. The van der Waals surface area contributed by atoms with Gasteiger partial charge in [-0.3, -0.25) is 0 Å². The van der Waals surface area contributed by atoms with Crippen molar-refractivity contribution >= 4 is 33.9 Å². The van der Waals surface area contributed by atoms with Crippen LogP contribution in [0.5, 0.6) is 0 Å². The van der Waals surface area contributed by atoms with E-state index in [-0.39, 0.29) is 5.41 Å². The Hall–Kier alpha value is -5.52. The zero-order valence-corrected chi connectivity index (χ0v) is 34.0. The highest BCUT2D eigenvalue weighted by molar-refractivity contribution is 5.94. The lowest BCUT2D eigenvalue weighted by Crippen LogP contribution is -2.35. The molecule has 3 aromatic carbocycles. The third kappa shape index (κ3) is 6.94. The number of anilines is 1. The second kappa shape index (κ2) is 15.5. The third-order valence-corrected chi connectivity index (χ3v) is 13.4. The fourth-order valence-electron chi connectivity index (χ4n) is 9.90. The van der Waals surface area contributed by atoms with E-state index in [0.29, 0.717) is 29.7 Å². The number of nitrogens with zero attached hydrogens (tertiary/aromatic N) is 2. The van der Waals surface area contributed by atoms with Crippen molar-refractivity contribution in [2.45, 2.75) is 73.3 Å². The van der Waals surface area contributed by atoms with Gasteiger partial charge in [-0.05, 0) is 139 Å². The summed E-state index contributed by atoms with van der Waals surface area (Å²) in [6.07, 6.45) is 37.4. The summed E-state index contributed by atoms with van der Waals surface area (Å²) >= 11 is 0. The number of aryl methyl sites for hydroxylation is 1. The highest BCUT2D eigenvalue weighted by atomic mass is 15.2. The van der Waals surface area contributed by atoms with Crippen LogP contribution in [0.1, 0.15) is 77.1 Å². The summed E-state index contributed by atoms with van der Waals surface area (Å²) in [4.78, 5) is 2.61. The number of hydrogen-bond acceptors (Lipinski definition) is 1. The predicted molar refractivity (Wildman–Crippen MR) is 242 cm³/mol. The largest absolute Gasteiger partial charge is 0.342 e. The molecule has 0 radical (unpaired) electrons. The summed E-state index contributed by atoms with van der Waals surface area (Å²) in [6, 6.07) is 27.3. The van der Waals surface area contributed by atoms with Crippen LogP contribution in [0.4, 0.5) is 5.69 Å².